The van der Waals surface area contributed by atoms with Crippen molar-refractivity contribution < 1.29 is 0 Å². The topological polar surface area (TPSA) is 57.4 Å². The molecule has 4 nitrogen and oxygen atoms in total. The molecule has 5 heterocycles. The van der Waals surface area contributed by atoms with Gasteiger partial charge in [0.05, 0.1) is 22.8 Å². The zero-order chi connectivity index (χ0) is 29.4. The summed E-state index contributed by atoms with van der Waals surface area (Å²) in [6.45, 7) is 27.2. The second kappa shape index (κ2) is 9.06. The van der Waals surface area contributed by atoms with E-state index >= 15 is 0 Å². The summed E-state index contributed by atoms with van der Waals surface area (Å²) in [6, 6.07) is 8.87. The van der Waals surface area contributed by atoms with Crippen molar-refractivity contribution in [3.8, 4) is 0 Å². The molecule has 210 valence electrons. The predicted octanol–water partition coefficient (Wildman–Crippen LogP) is 9.85. The largest absolute Gasteiger partial charge is 0.355 e. The first-order valence-electron chi connectivity index (χ1n) is 14.5. The highest BCUT2D eigenvalue weighted by molar-refractivity contribution is 5.85. The maximum atomic E-state index is 5.31. The van der Waals surface area contributed by atoms with Gasteiger partial charge in [-0.3, -0.25) is 0 Å². The molecule has 0 fully saturated rings. The molecule has 2 N–H and O–H groups in total. The van der Waals surface area contributed by atoms with Gasteiger partial charge >= 0.3 is 0 Å². The fraction of sp³-hybridized carbons (Fsp3) is 0.444. The SMILES string of the molecule is CC(C)(C)c1c2nc(c(C(C)(C)C)c3ccc([nH]3)c(C(C)(C)C)c3nc(c(C(C)(C)C)c4ccc1[nH]4)C=C3)C=C2. The molecule has 2 aliphatic heterocycles. The summed E-state index contributed by atoms with van der Waals surface area (Å²) in [5.41, 5.74) is 12.9. The Morgan fingerprint density at radius 1 is 0.375 bits per heavy atom. The van der Waals surface area contributed by atoms with Crippen LogP contribution in [0.3, 0.4) is 0 Å². The molecular formula is C36H46N4. The average molecular weight is 535 g/mol. The summed E-state index contributed by atoms with van der Waals surface area (Å²) in [7, 11) is 0. The van der Waals surface area contributed by atoms with E-state index in [1.165, 1.54) is 22.3 Å². The van der Waals surface area contributed by atoms with E-state index < -0.39 is 0 Å². The molecule has 0 atom stereocenters. The summed E-state index contributed by atoms with van der Waals surface area (Å²) in [6.07, 6.45) is 8.76. The third kappa shape index (κ3) is 4.98. The van der Waals surface area contributed by atoms with Crippen LogP contribution in [-0.2, 0) is 21.7 Å². The van der Waals surface area contributed by atoms with Gasteiger partial charge in [-0.25, -0.2) is 9.97 Å². The van der Waals surface area contributed by atoms with E-state index in [9.17, 15) is 0 Å². The lowest BCUT2D eigenvalue weighted by molar-refractivity contribution is 0.586. The van der Waals surface area contributed by atoms with Gasteiger partial charge in [0, 0.05) is 44.3 Å². The molecule has 0 saturated carbocycles. The molecule has 4 heteroatoms. The number of hydrogen-bond acceptors (Lipinski definition) is 2. The Morgan fingerprint density at radius 3 is 0.750 bits per heavy atom. The number of rotatable bonds is 0. The molecule has 3 aromatic rings. The summed E-state index contributed by atoms with van der Waals surface area (Å²) >= 11 is 0. The number of aromatic nitrogens is 4. The molecule has 2 aliphatic rings. The maximum absolute atomic E-state index is 5.31. The molecule has 0 spiro atoms. The Hall–Kier alpha value is -3.40. The van der Waals surface area contributed by atoms with Crippen molar-refractivity contribution >= 4 is 46.4 Å². The van der Waals surface area contributed by atoms with Crippen molar-refractivity contribution in [2.75, 3.05) is 0 Å². The Balaban J connectivity index is 2.09. The smallest absolute Gasteiger partial charge is 0.0695 e. The number of H-pyrrole nitrogens is 2. The van der Waals surface area contributed by atoms with Gasteiger partial charge in [0.2, 0.25) is 0 Å². The second-order valence-corrected chi connectivity index (χ2v) is 15.5. The number of nitrogens with zero attached hydrogens (tertiary/aromatic N) is 2. The lowest BCUT2D eigenvalue weighted by atomic mass is 9.85. The molecule has 0 saturated heterocycles. The van der Waals surface area contributed by atoms with Gasteiger partial charge in [-0.1, -0.05) is 83.1 Å². The fourth-order valence-electron chi connectivity index (χ4n) is 6.36. The Bertz CT molecular complexity index is 1460. The number of hydrogen-bond donors (Lipinski definition) is 2. The van der Waals surface area contributed by atoms with Crippen molar-refractivity contribution in [2.24, 2.45) is 0 Å². The Kier molecular flexibility index (Phi) is 6.37. The van der Waals surface area contributed by atoms with E-state index in [2.05, 4.69) is 142 Å². The van der Waals surface area contributed by atoms with Gasteiger partial charge in [-0.05, 0) is 70.2 Å². The molecule has 40 heavy (non-hydrogen) atoms. The normalized spacial score (nSPS) is 14.3. The lowest BCUT2D eigenvalue weighted by Crippen LogP contribution is -2.16. The van der Waals surface area contributed by atoms with E-state index in [4.69, 9.17) is 9.97 Å². The molecule has 0 aliphatic carbocycles. The quantitative estimate of drug-likeness (QED) is 0.208. The van der Waals surface area contributed by atoms with Crippen LogP contribution in [0, 0.1) is 0 Å². The number of nitrogens with one attached hydrogen (secondary N) is 2. The summed E-state index contributed by atoms with van der Waals surface area (Å²) in [5.74, 6) is 0. The molecule has 0 unspecified atom stereocenters. The van der Waals surface area contributed by atoms with Crippen LogP contribution < -0.4 is 0 Å². The van der Waals surface area contributed by atoms with Gasteiger partial charge in [0.25, 0.3) is 0 Å². The van der Waals surface area contributed by atoms with Crippen LogP contribution in [0.25, 0.3) is 46.4 Å². The van der Waals surface area contributed by atoms with Crippen molar-refractivity contribution in [1.29, 1.82) is 0 Å². The zero-order valence-corrected chi connectivity index (χ0v) is 26.5. The third-order valence-corrected chi connectivity index (χ3v) is 7.75. The molecule has 0 aromatic carbocycles. The van der Waals surface area contributed by atoms with Crippen molar-refractivity contribution in [3.05, 3.63) is 69.3 Å². The Morgan fingerprint density at radius 2 is 0.575 bits per heavy atom. The first kappa shape index (κ1) is 28.1. The van der Waals surface area contributed by atoms with E-state index in [0.717, 1.165) is 44.8 Å². The predicted molar refractivity (Wildman–Crippen MR) is 174 cm³/mol. The lowest BCUT2D eigenvalue weighted by Gasteiger charge is -2.22. The van der Waals surface area contributed by atoms with E-state index in [0.29, 0.717) is 0 Å². The van der Waals surface area contributed by atoms with Crippen LogP contribution in [-0.4, -0.2) is 19.9 Å². The van der Waals surface area contributed by atoms with E-state index in [1.54, 1.807) is 0 Å². The second-order valence-electron chi connectivity index (χ2n) is 15.5. The standard InChI is InChI=1S/C36H46N4/c1-33(2,3)29-21-13-15-23(37-21)30(34(4,5)6)25-17-19-27(39-25)32(36(10,11)12)28-20-18-26(40-28)31(35(7,8)9)24-16-14-22(29)38-24/h13-20,37,40H,1-12H3. The van der Waals surface area contributed by atoms with Gasteiger partial charge in [-0.15, -0.1) is 0 Å². The molecule has 5 rings (SSSR count). The van der Waals surface area contributed by atoms with Crippen molar-refractivity contribution in [1.82, 2.24) is 19.9 Å². The zero-order valence-electron chi connectivity index (χ0n) is 26.5. The summed E-state index contributed by atoms with van der Waals surface area (Å²) in [5, 5.41) is 0. The van der Waals surface area contributed by atoms with Crippen LogP contribution in [0.2, 0.25) is 0 Å². The monoisotopic (exact) mass is 534 g/mol. The Labute approximate surface area is 240 Å². The minimum Gasteiger partial charge on any atom is -0.355 e. The van der Waals surface area contributed by atoms with Gasteiger partial charge in [-0.2, -0.15) is 0 Å². The highest BCUT2D eigenvalue weighted by Crippen LogP contribution is 2.38. The maximum Gasteiger partial charge on any atom is 0.0695 e. The van der Waals surface area contributed by atoms with Crippen molar-refractivity contribution in [2.45, 2.75) is 105 Å². The number of aromatic amines is 2. The van der Waals surface area contributed by atoms with Crippen LogP contribution >= 0.6 is 0 Å². The van der Waals surface area contributed by atoms with Crippen LogP contribution in [0.1, 0.15) is 128 Å². The van der Waals surface area contributed by atoms with Crippen LogP contribution in [0.4, 0.5) is 0 Å². The summed E-state index contributed by atoms with van der Waals surface area (Å²) < 4.78 is 0. The van der Waals surface area contributed by atoms with E-state index in [-0.39, 0.29) is 21.7 Å². The number of fused-ring (bicyclic) bond motifs is 8. The highest BCUT2D eigenvalue weighted by atomic mass is 14.8. The third-order valence-electron chi connectivity index (χ3n) is 7.75. The first-order valence-corrected chi connectivity index (χ1v) is 14.5. The van der Waals surface area contributed by atoms with E-state index in [1.807, 2.05) is 0 Å². The minimum absolute atomic E-state index is 0.113. The molecule has 8 bridgehead atoms. The van der Waals surface area contributed by atoms with Gasteiger partial charge < -0.3 is 9.97 Å². The molecule has 3 aromatic heterocycles. The first-order chi connectivity index (χ1) is 18.4. The van der Waals surface area contributed by atoms with Crippen LogP contribution in [0.15, 0.2) is 24.3 Å². The van der Waals surface area contributed by atoms with Gasteiger partial charge in [0.15, 0.2) is 0 Å². The van der Waals surface area contributed by atoms with Gasteiger partial charge in [0.1, 0.15) is 0 Å². The summed E-state index contributed by atoms with van der Waals surface area (Å²) in [4.78, 5) is 18.3. The molecule has 0 amide bonds. The van der Waals surface area contributed by atoms with Crippen LogP contribution in [0.5, 0.6) is 0 Å². The van der Waals surface area contributed by atoms with Crippen molar-refractivity contribution in [3.63, 3.8) is 0 Å². The molecular weight excluding hydrogens is 488 g/mol. The molecule has 0 radical (unpaired) electrons. The minimum atomic E-state index is -0.113. The average Bonchev–Trinajstić information content (AvgIpc) is 3.55. The highest BCUT2D eigenvalue weighted by Gasteiger charge is 2.28. The fourth-order valence-corrected chi connectivity index (χ4v) is 6.36.